The third kappa shape index (κ3) is 2.16. The molecule has 1 aliphatic heterocycles. The van der Waals surface area contributed by atoms with Gasteiger partial charge in [0.2, 0.25) is 0 Å². The van der Waals surface area contributed by atoms with Gasteiger partial charge < -0.3 is 4.74 Å². The van der Waals surface area contributed by atoms with Gasteiger partial charge in [-0.1, -0.05) is 0 Å². The van der Waals surface area contributed by atoms with E-state index in [4.69, 9.17) is 4.74 Å². The van der Waals surface area contributed by atoms with Gasteiger partial charge in [0.1, 0.15) is 16.5 Å². The van der Waals surface area contributed by atoms with E-state index in [1.165, 1.54) is 0 Å². The van der Waals surface area contributed by atoms with Crippen LogP contribution in [0, 0.1) is 0 Å². The molecule has 1 unspecified atom stereocenters. The molecule has 1 atom stereocenters. The van der Waals surface area contributed by atoms with Crippen LogP contribution in [0.15, 0.2) is 17.0 Å². The van der Waals surface area contributed by atoms with E-state index in [0.29, 0.717) is 24.1 Å². The normalized spacial score (nSPS) is 22.4. The Balaban J connectivity index is 2.14. The lowest BCUT2D eigenvalue weighted by atomic mass is 10.1. The van der Waals surface area contributed by atoms with Gasteiger partial charge in [0.15, 0.2) is 0 Å². The van der Waals surface area contributed by atoms with E-state index in [2.05, 4.69) is 25.9 Å². The molecular formula is C9H9BrN2O2. The molecule has 1 aliphatic rings. The molecule has 5 heteroatoms. The molecule has 0 N–H and O–H groups in total. The average Bonchev–Trinajstić information content (AvgIpc) is 2.19. The van der Waals surface area contributed by atoms with Crippen molar-refractivity contribution in [1.82, 2.24) is 9.97 Å². The fourth-order valence-electron chi connectivity index (χ4n) is 1.36. The summed E-state index contributed by atoms with van der Waals surface area (Å²) in [5.41, 5.74) is 0.723. The lowest BCUT2D eigenvalue weighted by Gasteiger charge is -2.20. The molecule has 0 amide bonds. The Kier molecular flexibility index (Phi) is 2.88. The molecule has 0 radical (unpaired) electrons. The summed E-state index contributed by atoms with van der Waals surface area (Å²) in [4.78, 5) is 19.4. The van der Waals surface area contributed by atoms with Crippen molar-refractivity contribution in [1.29, 1.82) is 0 Å². The van der Waals surface area contributed by atoms with Crippen molar-refractivity contribution in [2.24, 2.45) is 0 Å². The van der Waals surface area contributed by atoms with Gasteiger partial charge in [0, 0.05) is 12.8 Å². The summed E-state index contributed by atoms with van der Waals surface area (Å²) >= 11 is 3.20. The number of carbonyl (C=O) groups excluding carboxylic acids is 1. The van der Waals surface area contributed by atoms with Crippen molar-refractivity contribution >= 4 is 21.7 Å². The van der Waals surface area contributed by atoms with Crippen molar-refractivity contribution in [3.8, 4) is 0 Å². The lowest BCUT2D eigenvalue weighted by molar-refractivity contribution is -0.128. The zero-order chi connectivity index (χ0) is 9.97. The van der Waals surface area contributed by atoms with Crippen LogP contribution in [0.5, 0.6) is 0 Å². The quantitative estimate of drug-likeness (QED) is 0.767. The van der Waals surface area contributed by atoms with Gasteiger partial charge in [-0.05, 0) is 15.9 Å². The summed E-state index contributed by atoms with van der Waals surface area (Å²) < 4.78 is 6.12. The number of hydrogen-bond donors (Lipinski definition) is 0. The molecule has 14 heavy (non-hydrogen) atoms. The first-order valence-corrected chi connectivity index (χ1v) is 5.16. The number of hydrogen-bond acceptors (Lipinski definition) is 4. The number of aromatic nitrogens is 2. The Hall–Kier alpha value is -0.810. The van der Waals surface area contributed by atoms with Gasteiger partial charge in [0.05, 0.1) is 24.7 Å². The van der Waals surface area contributed by atoms with Gasteiger partial charge in [-0.15, -0.1) is 0 Å². The highest BCUT2D eigenvalue weighted by Gasteiger charge is 2.22. The second-order valence-electron chi connectivity index (χ2n) is 3.12. The van der Waals surface area contributed by atoms with Crippen LogP contribution in [0.1, 0.15) is 24.6 Å². The summed E-state index contributed by atoms with van der Waals surface area (Å²) in [5, 5.41) is 0. The molecule has 2 rings (SSSR count). The summed E-state index contributed by atoms with van der Waals surface area (Å²) in [6.07, 6.45) is 3.96. The fourth-order valence-corrected chi connectivity index (χ4v) is 1.57. The monoisotopic (exact) mass is 256 g/mol. The number of nitrogens with zero attached hydrogens (tertiary/aromatic N) is 2. The maximum Gasteiger partial charge on any atom is 0.138 e. The predicted octanol–water partition coefficient (Wildman–Crippen LogP) is 1.66. The number of ether oxygens (including phenoxy) is 1. The number of rotatable bonds is 1. The van der Waals surface area contributed by atoms with E-state index >= 15 is 0 Å². The molecule has 0 spiro atoms. The molecule has 2 heterocycles. The van der Waals surface area contributed by atoms with Crippen LogP contribution in [0.2, 0.25) is 0 Å². The topological polar surface area (TPSA) is 52.1 Å². The van der Waals surface area contributed by atoms with Crippen LogP contribution in [-0.4, -0.2) is 22.4 Å². The first-order chi connectivity index (χ1) is 6.75. The summed E-state index contributed by atoms with van der Waals surface area (Å²) in [5.74, 6) is 0.228. The van der Waals surface area contributed by atoms with Gasteiger partial charge in [-0.2, -0.15) is 0 Å². The smallest absolute Gasteiger partial charge is 0.138 e. The van der Waals surface area contributed by atoms with Crippen molar-refractivity contribution in [3.05, 3.63) is 22.7 Å². The number of ketones is 1. The molecular weight excluding hydrogens is 248 g/mol. The summed E-state index contributed by atoms with van der Waals surface area (Å²) in [6, 6.07) is 0. The maximum atomic E-state index is 11.2. The molecule has 0 aliphatic carbocycles. The Labute approximate surface area is 89.8 Å². The Morgan fingerprint density at radius 1 is 1.43 bits per heavy atom. The van der Waals surface area contributed by atoms with Gasteiger partial charge >= 0.3 is 0 Å². The molecule has 1 saturated heterocycles. The minimum absolute atomic E-state index is 0.211. The minimum atomic E-state index is -0.211. The largest absolute Gasteiger partial charge is 0.371 e. The van der Waals surface area contributed by atoms with Crippen LogP contribution < -0.4 is 0 Å². The van der Waals surface area contributed by atoms with Crippen molar-refractivity contribution in [3.63, 3.8) is 0 Å². The molecule has 4 nitrogen and oxygen atoms in total. The molecule has 1 aromatic rings. The minimum Gasteiger partial charge on any atom is -0.371 e. The highest BCUT2D eigenvalue weighted by molar-refractivity contribution is 9.10. The number of halogens is 1. The van der Waals surface area contributed by atoms with Crippen molar-refractivity contribution in [2.45, 2.75) is 18.9 Å². The van der Waals surface area contributed by atoms with Gasteiger partial charge in [-0.25, -0.2) is 4.98 Å². The number of carbonyl (C=O) groups is 1. The highest BCUT2D eigenvalue weighted by atomic mass is 79.9. The molecule has 0 saturated carbocycles. The first-order valence-electron chi connectivity index (χ1n) is 4.36. The Bertz CT molecular complexity index is 339. The first kappa shape index (κ1) is 9.73. The summed E-state index contributed by atoms with van der Waals surface area (Å²) in [7, 11) is 0. The van der Waals surface area contributed by atoms with Crippen molar-refractivity contribution in [2.75, 3.05) is 6.61 Å². The van der Waals surface area contributed by atoms with Crippen LogP contribution in [-0.2, 0) is 9.53 Å². The number of Topliss-reactive ketones (excluding diaryl/α,β-unsaturated/α-hetero) is 1. The van der Waals surface area contributed by atoms with E-state index in [1.807, 2.05) is 0 Å². The van der Waals surface area contributed by atoms with E-state index in [-0.39, 0.29) is 11.9 Å². The third-order valence-electron chi connectivity index (χ3n) is 2.08. The van der Waals surface area contributed by atoms with E-state index in [9.17, 15) is 4.79 Å². The zero-order valence-corrected chi connectivity index (χ0v) is 9.03. The molecule has 1 fully saturated rings. The standard InChI is InChI=1S/C9H9BrN2O2/c10-9-5-11-7(4-12-9)8-3-6(13)1-2-14-8/h4-5,8H,1-3H2. The fraction of sp³-hybridized carbons (Fsp3) is 0.444. The van der Waals surface area contributed by atoms with Crippen LogP contribution in [0.4, 0.5) is 0 Å². The van der Waals surface area contributed by atoms with Gasteiger partial charge in [-0.3, -0.25) is 9.78 Å². The third-order valence-corrected chi connectivity index (χ3v) is 2.49. The van der Waals surface area contributed by atoms with Crippen molar-refractivity contribution < 1.29 is 9.53 Å². The Morgan fingerprint density at radius 3 is 2.93 bits per heavy atom. The van der Waals surface area contributed by atoms with Crippen LogP contribution in [0.25, 0.3) is 0 Å². The molecule has 74 valence electrons. The van der Waals surface area contributed by atoms with Crippen LogP contribution in [0.3, 0.4) is 0 Å². The second kappa shape index (κ2) is 4.14. The lowest BCUT2D eigenvalue weighted by Crippen LogP contribution is -2.20. The highest BCUT2D eigenvalue weighted by Crippen LogP contribution is 2.24. The van der Waals surface area contributed by atoms with E-state index < -0.39 is 0 Å². The molecule has 0 aromatic carbocycles. The second-order valence-corrected chi connectivity index (χ2v) is 3.93. The summed E-state index contributed by atoms with van der Waals surface area (Å²) in [6.45, 7) is 0.487. The molecule has 1 aromatic heterocycles. The predicted molar refractivity (Wildman–Crippen MR) is 52.7 cm³/mol. The SMILES string of the molecule is O=C1CCOC(c2cnc(Br)cn2)C1. The Morgan fingerprint density at radius 2 is 2.29 bits per heavy atom. The van der Waals surface area contributed by atoms with Gasteiger partial charge in [0.25, 0.3) is 0 Å². The van der Waals surface area contributed by atoms with Crippen LogP contribution >= 0.6 is 15.9 Å². The average molecular weight is 257 g/mol. The van der Waals surface area contributed by atoms with E-state index in [1.54, 1.807) is 12.4 Å². The molecule has 0 bridgehead atoms. The van der Waals surface area contributed by atoms with E-state index in [0.717, 1.165) is 5.69 Å². The zero-order valence-electron chi connectivity index (χ0n) is 7.44. The maximum absolute atomic E-state index is 11.2.